The van der Waals surface area contributed by atoms with Gasteiger partial charge in [0.2, 0.25) is 0 Å². The molecule has 116 valence electrons. The van der Waals surface area contributed by atoms with E-state index in [1.54, 1.807) is 6.07 Å². The van der Waals surface area contributed by atoms with E-state index >= 15 is 0 Å². The van der Waals surface area contributed by atoms with Crippen LogP contribution in [0.5, 0.6) is 0 Å². The molecule has 1 amide bonds. The molecule has 0 unspecified atom stereocenters. The molecule has 1 aliphatic rings. The number of nitrogens with one attached hydrogen (secondary N) is 1. The quantitative estimate of drug-likeness (QED) is 0.491. The fourth-order valence-electron chi connectivity index (χ4n) is 3.21. The van der Waals surface area contributed by atoms with E-state index in [9.17, 15) is 9.18 Å². The molecule has 1 saturated carbocycles. The fraction of sp³-hybridized carbons (Fsp3) is 0.357. The number of H-pyrrole nitrogens is 1. The smallest absolute Gasteiger partial charge is 0.251 e. The SMILES string of the molecule is [N-]=[N+]=NC(=O)c1c([C@H]2CC[C@H](N=[N+]=[N-])C2)[nH]c2ccc(F)cc12. The normalized spacial score (nSPS) is 20.0. The monoisotopic (exact) mass is 313 g/mol. The number of carbonyl (C=O) groups is 1. The van der Waals surface area contributed by atoms with Crippen LogP contribution in [0.3, 0.4) is 0 Å². The van der Waals surface area contributed by atoms with E-state index in [-0.39, 0.29) is 17.5 Å². The number of halogens is 1. The molecule has 0 bridgehead atoms. The molecule has 0 radical (unpaired) electrons. The van der Waals surface area contributed by atoms with Crippen molar-refractivity contribution in [3.8, 4) is 0 Å². The molecule has 3 rings (SSSR count). The highest BCUT2D eigenvalue weighted by Crippen LogP contribution is 2.39. The van der Waals surface area contributed by atoms with Crippen molar-refractivity contribution in [3.05, 3.63) is 56.2 Å². The Bertz CT molecular complexity index is 877. The molecular formula is C14H12FN7O. The van der Waals surface area contributed by atoms with Crippen molar-refractivity contribution in [1.29, 1.82) is 0 Å². The summed E-state index contributed by atoms with van der Waals surface area (Å²) in [4.78, 5) is 20.7. The number of fused-ring (bicyclic) bond motifs is 1. The highest BCUT2D eigenvalue weighted by Gasteiger charge is 2.30. The molecule has 1 aliphatic carbocycles. The van der Waals surface area contributed by atoms with Crippen LogP contribution in [0.1, 0.15) is 41.2 Å². The van der Waals surface area contributed by atoms with Crippen molar-refractivity contribution >= 4 is 16.8 Å². The first-order chi connectivity index (χ1) is 11.1. The second kappa shape index (κ2) is 6.00. The summed E-state index contributed by atoms with van der Waals surface area (Å²) in [5, 5.41) is 7.26. The highest BCUT2D eigenvalue weighted by atomic mass is 19.1. The van der Waals surface area contributed by atoms with Crippen LogP contribution < -0.4 is 0 Å². The Labute approximate surface area is 129 Å². The number of carbonyl (C=O) groups excluding carboxylic acids is 1. The van der Waals surface area contributed by atoms with Crippen LogP contribution in [-0.4, -0.2) is 16.9 Å². The van der Waals surface area contributed by atoms with Crippen molar-refractivity contribution in [1.82, 2.24) is 4.98 Å². The summed E-state index contributed by atoms with van der Waals surface area (Å²) in [6.07, 6.45) is 2.04. The van der Waals surface area contributed by atoms with E-state index in [0.29, 0.717) is 29.4 Å². The highest BCUT2D eigenvalue weighted by molar-refractivity contribution is 6.08. The summed E-state index contributed by atoms with van der Waals surface area (Å²) < 4.78 is 13.5. The van der Waals surface area contributed by atoms with Crippen LogP contribution in [0.25, 0.3) is 31.8 Å². The van der Waals surface area contributed by atoms with Crippen LogP contribution in [0.4, 0.5) is 4.39 Å². The molecule has 0 aliphatic heterocycles. The fourth-order valence-corrected chi connectivity index (χ4v) is 3.21. The molecule has 9 heteroatoms. The first-order valence-electron chi connectivity index (χ1n) is 7.08. The molecule has 8 nitrogen and oxygen atoms in total. The van der Waals surface area contributed by atoms with Gasteiger partial charge in [-0.3, -0.25) is 4.79 Å². The molecule has 1 fully saturated rings. The minimum absolute atomic E-state index is 0.0335. The average Bonchev–Trinajstić information content (AvgIpc) is 3.11. The summed E-state index contributed by atoms with van der Waals surface area (Å²) in [5.41, 5.74) is 18.5. The molecule has 1 N–H and O–H groups in total. The maximum atomic E-state index is 13.5. The molecule has 1 aromatic carbocycles. The van der Waals surface area contributed by atoms with Gasteiger partial charge in [-0.05, 0) is 53.6 Å². The summed E-state index contributed by atoms with van der Waals surface area (Å²) in [6.45, 7) is 0. The van der Waals surface area contributed by atoms with Gasteiger partial charge in [-0.15, -0.1) is 0 Å². The molecule has 1 aromatic heterocycles. The first-order valence-corrected chi connectivity index (χ1v) is 7.08. The Hall–Kier alpha value is -3.02. The van der Waals surface area contributed by atoms with Crippen molar-refractivity contribution in [2.24, 2.45) is 10.2 Å². The Morgan fingerprint density at radius 1 is 1.30 bits per heavy atom. The first kappa shape index (κ1) is 14.9. The van der Waals surface area contributed by atoms with Gasteiger partial charge < -0.3 is 4.98 Å². The minimum Gasteiger partial charge on any atom is -0.358 e. The third-order valence-electron chi connectivity index (χ3n) is 4.17. The van der Waals surface area contributed by atoms with Crippen LogP contribution >= 0.6 is 0 Å². The molecule has 1 heterocycles. The van der Waals surface area contributed by atoms with Gasteiger partial charge in [0.05, 0.1) is 5.56 Å². The van der Waals surface area contributed by atoms with Gasteiger partial charge in [0.15, 0.2) is 0 Å². The summed E-state index contributed by atoms with van der Waals surface area (Å²) in [7, 11) is 0. The van der Waals surface area contributed by atoms with Crippen molar-refractivity contribution in [2.45, 2.75) is 31.2 Å². The van der Waals surface area contributed by atoms with Gasteiger partial charge in [0, 0.05) is 38.4 Å². The number of rotatable bonds is 3. The largest absolute Gasteiger partial charge is 0.358 e. The number of benzene rings is 1. The summed E-state index contributed by atoms with van der Waals surface area (Å²) in [5.74, 6) is -1.25. The minimum atomic E-state index is -0.744. The number of aromatic nitrogens is 1. The topological polar surface area (TPSA) is 130 Å². The summed E-state index contributed by atoms with van der Waals surface area (Å²) >= 11 is 0. The molecular weight excluding hydrogens is 301 g/mol. The van der Waals surface area contributed by atoms with Gasteiger partial charge >= 0.3 is 0 Å². The third-order valence-corrected chi connectivity index (χ3v) is 4.17. The number of amides is 1. The Morgan fingerprint density at radius 2 is 2.13 bits per heavy atom. The lowest BCUT2D eigenvalue weighted by Gasteiger charge is -2.09. The zero-order valence-corrected chi connectivity index (χ0v) is 12.0. The van der Waals surface area contributed by atoms with Crippen LogP contribution in [0, 0.1) is 5.82 Å². The Kier molecular flexibility index (Phi) is 3.89. The van der Waals surface area contributed by atoms with E-state index in [2.05, 4.69) is 25.0 Å². The van der Waals surface area contributed by atoms with Crippen LogP contribution in [-0.2, 0) is 0 Å². The molecule has 2 aromatic rings. The van der Waals surface area contributed by atoms with Gasteiger partial charge in [0.25, 0.3) is 5.91 Å². The second-order valence-corrected chi connectivity index (χ2v) is 5.47. The lowest BCUT2D eigenvalue weighted by Crippen LogP contribution is -2.04. The predicted molar refractivity (Wildman–Crippen MR) is 81.3 cm³/mol. The standard InChI is InChI=1S/C14H12FN7O/c15-8-2-4-11-10(6-8)12(14(23)20-22-17)13(18-11)7-1-3-9(5-7)19-21-16/h2,4,6-7,9,18H,1,3,5H2/t7-,9-/m0/s1. The molecule has 0 saturated heterocycles. The third kappa shape index (κ3) is 2.70. The second-order valence-electron chi connectivity index (χ2n) is 5.47. The van der Waals surface area contributed by atoms with E-state index < -0.39 is 11.7 Å². The van der Waals surface area contributed by atoms with Crippen molar-refractivity contribution in [3.63, 3.8) is 0 Å². The average molecular weight is 313 g/mol. The number of hydrogen-bond donors (Lipinski definition) is 1. The van der Waals surface area contributed by atoms with E-state index in [4.69, 9.17) is 11.1 Å². The van der Waals surface area contributed by atoms with E-state index in [1.165, 1.54) is 12.1 Å². The molecule has 2 atom stereocenters. The van der Waals surface area contributed by atoms with E-state index in [1.807, 2.05) is 0 Å². The maximum Gasteiger partial charge on any atom is 0.251 e. The van der Waals surface area contributed by atoms with Crippen molar-refractivity contribution < 1.29 is 9.18 Å². The van der Waals surface area contributed by atoms with E-state index in [0.717, 1.165) is 6.42 Å². The molecule has 0 spiro atoms. The Morgan fingerprint density at radius 3 is 2.87 bits per heavy atom. The summed E-state index contributed by atoms with van der Waals surface area (Å²) in [6, 6.07) is 3.95. The zero-order valence-electron chi connectivity index (χ0n) is 12.0. The predicted octanol–water partition coefficient (Wildman–Crippen LogP) is 4.70. The molecule has 23 heavy (non-hydrogen) atoms. The number of azide groups is 2. The van der Waals surface area contributed by atoms with Gasteiger partial charge in [0.1, 0.15) is 5.82 Å². The van der Waals surface area contributed by atoms with Gasteiger partial charge in [-0.25, -0.2) is 4.39 Å². The Balaban J connectivity index is 2.12. The number of nitrogens with zero attached hydrogens (tertiary/aromatic N) is 6. The lowest BCUT2D eigenvalue weighted by atomic mass is 9.98. The lowest BCUT2D eigenvalue weighted by molar-refractivity contribution is 0.100. The van der Waals surface area contributed by atoms with Gasteiger partial charge in [-0.1, -0.05) is 5.11 Å². The van der Waals surface area contributed by atoms with Crippen molar-refractivity contribution in [2.75, 3.05) is 0 Å². The van der Waals surface area contributed by atoms with Crippen LogP contribution in [0.2, 0.25) is 0 Å². The van der Waals surface area contributed by atoms with Gasteiger partial charge in [-0.2, -0.15) is 0 Å². The number of hydrogen-bond acceptors (Lipinski definition) is 2. The number of aromatic amines is 1. The maximum absolute atomic E-state index is 13.5. The van der Waals surface area contributed by atoms with Crippen LogP contribution in [0.15, 0.2) is 28.4 Å². The zero-order chi connectivity index (χ0) is 16.4.